The summed E-state index contributed by atoms with van der Waals surface area (Å²) in [7, 11) is 0. The topological polar surface area (TPSA) is 273 Å². The van der Waals surface area contributed by atoms with E-state index < -0.39 is 72.8 Å². The van der Waals surface area contributed by atoms with Gasteiger partial charge in [0.15, 0.2) is 5.96 Å². The third kappa shape index (κ3) is 11.6. The molecule has 33 heavy (non-hydrogen) atoms. The highest BCUT2D eigenvalue weighted by Gasteiger charge is 2.31. The van der Waals surface area contributed by atoms with Crippen molar-refractivity contribution in [2.45, 2.75) is 57.3 Å². The molecule has 0 heterocycles. The zero-order valence-corrected chi connectivity index (χ0v) is 18.5. The van der Waals surface area contributed by atoms with Crippen LogP contribution in [-0.4, -0.2) is 88.3 Å². The highest BCUT2D eigenvalue weighted by Crippen LogP contribution is 2.06. The fourth-order valence-electron chi connectivity index (χ4n) is 2.57. The van der Waals surface area contributed by atoms with Gasteiger partial charge in [-0.25, -0.2) is 4.79 Å². The lowest BCUT2D eigenvalue weighted by Gasteiger charge is -2.26. The summed E-state index contributed by atoms with van der Waals surface area (Å²) < 4.78 is 0. The third-order valence-electron chi connectivity index (χ3n) is 4.35. The normalized spacial score (nSPS) is 14.3. The molecule has 0 fully saturated rings. The highest BCUT2D eigenvalue weighted by molar-refractivity contribution is 5.94. The zero-order chi connectivity index (χ0) is 25.7. The Morgan fingerprint density at radius 1 is 0.909 bits per heavy atom. The fraction of sp³-hybridized carbons (Fsp3) is 0.667. The van der Waals surface area contributed by atoms with Crippen molar-refractivity contribution in [2.24, 2.45) is 28.1 Å². The Bertz CT molecular complexity index is 739. The van der Waals surface area contributed by atoms with Gasteiger partial charge in [-0.05, 0) is 18.8 Å². The van der Waals surface area contributed by atoms with Crippen LogP contribution in [0.2, 0.25) is 0 Å². The van der Waals surface area contributed by atoms with Gasteiger partial charge in [0.25, 0.3) is 0 Å². The molecule has 0 rings (SSSR count). The summed E-state index contributed by atoms with van der Waals surface area (Å²) >= 11 is 0. The number of carbonyl (C=O) groups excluding carboxylic acids is 3. The van der Waals surface area contributed by atoms with Gasteiger partial charge in [-0.2, -0.15) is 0 Å². The maximum atomic E-state index is 12.8. The van der Waals surface area contributed by atoms with Crippen molar-refractivity contribution in [1.29, 1.82) is 0 Å². The molecule has 0 radical (unpaired) electrons. The van der Waals surface area contributed by atoms with Gasteiger partial charge in [0.2, 0.25) is 17.7 Å². The number of hydrogen-bond donors (Lipinski definition) is 9. The van der Waals surface area contributed by atoms with E-state index in [1.807, 2.05) is 0 Å². The van der Waals surface area contributed by atoms with E-state index in [4.69, 9.17) is 32.5 Å². The number of nitrogens with two attached hydrogens (primary N) is 3. The molecule has 0 saturated carbocycles. The molecular formula is C18H33N7O8. The Morgan fingerprint density at radius 2 is 1.48 bits per heavy atom. The van der Waals surface area contributed by atoms with Crippen molar-refractivity contribution in [2.75, 3.05) is 13.2 Å². The molecule has 188 valence electrons. The quantitative estimate of drug-likeness (QED) is 0.0625. The van der Waals surface area contributed by atoms with E-state index in [9.17, 15) is 24.0 Å². The summed E-state index contributed by atoms with van der Waals surface area (Å²) in [5.41, 5.74) is 16.0. The average molecular weight is 476 g/mol. The van der Waals surface area contributed by atoms with Crippen LogP contribution in [0, 0.1) is 5.92 Å². The van der Waals surface area contributed by atoms with E-state index in [0.29, 0.717) is 0 Å². The number of aliphatic carboxylic acids is 2. The Hall–Kier alpha value is -3.46. The van der Waals surface area contributed by atoms with E-state index in [0.717, 1.165) is 0 Å². The van der Waals surface area contributed by atoms with Crippen LogP contribution in [0.1, 0.15) is 33.1 Å². The maximum Gasteiger partial charge on any atom is 0.328 e. The van der Waals surface area contributed by atoms with Gasteiger partial charge in [-0.1, -0.05) is 13.8 Å². The molecule has 12 N–H and O–H groups in total. The zero-order valence-electron chi connectivity index (χ0n) is 18.5. The number of hydrogen-bond acceptors (Lipinski definition) is 8. The number of rotatable bonds is 15. The number of carbonyl (C=O) groups is 5. The number of nitrogens with zero attached hydrogens (tertiary/aromatic N) is 1. The first-order valence-electron chi connectivity index (χ1n) is 10.1. The summed E-state index contributed by atoms with van der Waals surface area (Å²) in [5, 5.41) is 33.8. The predicted octanol–water partition coefficient (Wildman–Crippen LogP) is -3.97. The minimum Gasteiger partial charge on any atom is -0.481 e. The summed E-state index contributed by atoms with van der Waals surface area (Å²) in [4.78, 5) is 63.1. The molecule has 0 aliphatic heterocycles. The monoisotopic (exact) mass is 475 g/mol. The largest absolute Gasteiger partial charge is 0.481 e. The number of carboxylic acids is 2. The van der Waals surface area contributed by atoms with Gasteiger partial charge in [-0.3, -0.25) is 24.2 Å². The van der Waals surface area contributed by atoms with Crippen LogP contribution < -0.4 is 33.2 Å². The molecule has 0 spiro atoms. The van der Waals surface area contributed by atoms with E-state index in [1.54, 1.807) is 13.8 Å². The van der Waals surface area contributed by atoms with Crippen molar-refractivity contribution < 1.29 is 39.3 Å². The van der Waals surface area contributed by atoms with E-state index in [-0.39, 0.29) is 25.3 Å². The molecule has 0 saturated heterocycles. The first kappa shape index (κ1) is 29.5. The lowest BCUT2D eigenvalue weighted by molar-refractivity contribution is -0.143. The molecule has 15 heteroatoms. The highest BCUT2D eigenvalue weighted by atomic mass is 16.4. The van der Waals surface area contributed by atoms with Gasteiger partial charge >= 0.3 is 11.9 Å². The summed E-state index contributed by atoms with van der Waals surface area (Å²) in [5.74, 6) is -5.95. The minimum atomic E-state index is -1.59. The molecule has 0 aromatic rings. The summed E-state index contributed by atoms with van der Waals surface area (Å²) in [6.07, 6.45) is -0.412. The van der Waals surface area contributed by atoms with Crippen LogP contribution in [0.25, 0.3) is 0 Å². The molecule has 4 atom stereocenters. The average Bonchev–Trinajstić information content (AvgIpc) is 2.70. The molecule has 0 aromatic carbocycles. The van der Waals surface area contributed by atoms with Crippen LogP contribution in [0.5, 0.6) is 0 Å². The molecule has 0 aliphatic rings. The molecular weight excluding hydrogens is 442 g/mol. The van der Waals surface area contributed by atoms with Crippen LogP contribution in [0.3, 0.4) is 0 Å². The van der Waals surface area contributed by atoms with Gasteiger partial charge in [-0.15, -0.1) is 0 Å². The number of carboxylic acid groups (broad SMARTS) is 2. The van der Waals surface area contributed by atoms with Crippen molar-refractivity contribution in [3.63, 3.8) is 0 Å². The number of aliphatic imine (C=N–C) groups is 1. The first-order chi connectivity index (χ1) is 15.3. The van der Waals surface area contributed by atoms with E-state index >= 15 is 0 Å². The first-order valence-corrected chi connectivity index (χ1v) is 10.1. The Balaban J connectivity index is 5.46. The Kier molecular flexibility index (Phi) is 13.0. The second-order valence-corrected chi connectivity index (χ2v) is 7.53. The van der Waals surface area contributed by atoms with Crippen LogP contribution in [0.4, 0.5) is 0 Å². The number of nitrogens with one attached hydrogen (secondary N) is 3. The maximum absolute atomic E-state index is 12.8. The smallest absolute Gasteiger partial charge is 0.328 e. The summed E-state index contributed by atoms with van der Waals surface area (Å²) in [6.45, 7) is 2.46. The van der Waals surface area contributed by atoms with Gasteiger partial charge in [0, 0.05) is 6.54 Å². The Morgan fingerprint density at radius 3 is 1.94 bits per heavy atom. The predicted molar refractivity (Wildman–Crippen MR) is 115 cm³/mol. The molecule has 15 nitrogen and oxygen atoms in total. The number of aliphatic hydroxyl groups excluding tert-OH is 1. The molecule has 3 amide bonds. The second-order valence-electron chi connectivity index (χ2n) is 7.53. The van der Waals surface area contributed by atoms with Crippen molar-refractivity contribution in [3.8, 4) is 0 Å². The van der Waals surface area contributed by atoms with Gasteiger partial charge < -0.3 is 48.5 Å². The minimum absolute atomic E-state index is 0.00338. The molecule has 0 aromatic heterocycles. The van der Waals surface area contributed by atoms with Gasteiger partial charge in [0.1, 0.15) is 18.1 Å². The number of aliphatic hydroxyl groups is 1. The number of guanidine groups is 1. The van der Waals surface area contributed by atoms with Crippen LogP contribution in [-0.2, 0) is 24.0 Å². The lowest BCUT2D eigenvalue weighted by atomic mass is 10.0. The van der Waals surface area contributed by atoms with Crippen LogP contribution >= 0.6 is 0 Å². The Labute approximate surface area is 190 Å². The van der Waals surface area contributed by atoms with Crippen molar-refractivity contribution >= 4 is 35.6 Å². The fourth-order valence-corrected chi connectivity index (χ4v) is 2.57. The van der Waals surface area contributed by atoms with Crippen molar-refractivity contribution in [3.05, 3.63) is 0 Å². The van der Waals surface area contributed by atoms with Crippen molar-refractivity contribution in [1.82, 2.24) is 16.0 Å². The lowest BCUT2D eigenvalue weighted by Crippen LogP contribution is -2.58. The third-order valence-corrected chi connectivity index (χ3v) is 4.35. The van der Waals surface area contributed by atoms with E-state index in [2.05, 4.69) is 20.9 Å². The molecule has 4 unspecified atom stereocenters. The van der Waals surface area contributed by atoms with Gasteiger partial charge in [0.05, 0.1) is 19.1 Å². The standard InChI is InChI=1S/C18H33N7O8/c1-8(2)13(25-14(29)9(19)6-12(27)28)16(31)23-10(4-3-5-22-18(20)21)15(30)24-11(7-26)17(32)33/h8-11,13,26H,3-7,19H2,1-2H3,(H,23,31)(H,24,30)(H,25,29)(H,27,28)(H,32,33)(H4,20,21,22). The van der Waals surface area contributed by atoms with Crippen LogP contribution in [0.15, 0.2) is 4.99 Å². The molecule has 0 bridgehead atoms. The van der Waals surface area contributed by atoms with E-state index in [1.165, 1.54) is 0 Å². The summed E-state index contributed by atoms with van der Waals surface area (Å²) in [6, 6.07) is -5.40. The molecule has 0 aliphatic carbocycles. The number of amides is 3. The SMILES string of the molecule is CC(C)C(NC(=O)C(N)CC(=O)O)C(=O)NC(CCCN=C(N)N)C(=O)NC(CO)C(=O)O. The second kappa shape index (κ2) is 14.6.